The topological polar surface area (TPSA) is 33.0 Å². The second-order valence-corrected chi connectivity index (χ2v) is 3.76. The maximum atomic E-state index is 13.6. The Kier molecular flexibility index (Phi) is 3.33. The molecule has 0 aromatic heterocycles. The van der Waals surface area contributed by atoms with Gasteiger partial charge in [0.2, 0.25) is 0 Å². The van der Waals surface area contributed by atoms with Crippen LogP contribution < -0.4 is 0 Å². The summed E-state index contributed by atoms with van der Waals surface area (Å²) in [5.74, 6) is -0.234. The minimum absolute atomic E-state index is 0.234. The maximum absolute atomic E-state index is 13.6. The summed E-state index contributed by atoms with van der Waals surface area (Å²) in [4.78, 5) is 0. The van der Waals surface area contributed by atoms with Crippen molar-refractivity contribution in [3.8, 4) is 6.07 Å². The first-order valence-electron chi connectivity index (χ1n) is 5.28. The largest absolute Gasteiger partial charge is 0.371 e. The van der Waals surface area contributed by atoms with E-state index in [1.807, 2.05) is 6.07 Å². The van der Waals surface area contributed by atoms with Gasteiger partial charge in [-0.25, -0.2) is 4.39 Å². The molecule has 0 amide bonds. The van der Waals surface area contributed by atoms with E-state index in [9.17, 15) is 4.39 Å². The molecule has 1 aromatic rings. The number of ether oxygens (including phenoxy) is 1. The molecule has 0 aliphatic carbocycles. The van der Waals surface area contributed by atoms with Gasteiger partial charge in [-0.1, -0.05) is 12.1 Å². The lowest BCUT2D eigenvalue weighted by Gasteiger charge is -2.05. The molecule has 0 saturated carbocycles. The summed E-state index contributed by atoms with van der Waals surface area (Å²) in [5.41, 5.74) is 1.33. The van der Waals surface area contributed by atoms with Crippen LogP contribution in [0.2, 0.25) is 0 Å². The molecular weight excluding hydrogens is 205 g/mol. The first-order valence-corrected chi connectivity index (χ1v) is 5.28. The van der Waals surface area contributed by atoms with Crippen LogP contribution in [0.3, 0.4) is 0 Å². The van der Waals surface area contributed by atoms with E-state index in [2.05, 4.69) is 0 Å². The molecule has 1 aliphatic rings. The number of nitriles is 1. The van der Waals surface area contributed by atoms with Gasteiger partial charge in [-0.15, -0.1) is 0 Å². The predicted molar refractivity (Wildman–Crippen MR) is 59.2 cm³/mol. The van der Waals surface area contributed by atoms with Gasteiger partial charge in [0.05, 0.1) is 11.6 Å². The smallest absolute Gasteiger partial charge is 0.129 e. The zero-order valence-corrected chi connectivity index (χ0v) is 8.82. The lowest BCUT2D eigenvalue weighted by molar-refractivity contribution is 0.120. The van der Waals surface area contributed by atoms with E-state index < -0.39 is 0 Å². The average molecular weight is 217 g/mol. The highest BCUT2D eigenvalue weighted by Gasteiger charge is 2.19. The van der Waals surface area contributed by atoms with Gasteiger partial charge >= 0.3 is 0 Å². The predicted octanol–water partition coefficient (Wildman–Crippen LogP) is 3.05. The van der Waals surface area contributed by atoms with Crippen LogP contribution >= 0.6 is 0 Å². The SMILES string of the molecule is N#Cc1ccc(/C=C(\F)C2CCCO2)cc1. The van der Waals surface area contributed by atoms with Crippen molar-refractivity contribution in [2.45, 2.75) is 18.9 Å². The van der Waals surface area contributed by atoms with Crippen LogP contribution in [-0.2, 0) is 4.74 Å². The van der Waals surface area contributed by atoms with Gasteiger partial charge in [0.1, 0.15) is 11.9 Å². The Labute approximate surface area is 94.0 Å². The molecule has 1 saturated heterocycles. The van der Waals surface area contributed by atoms with Crippen LogP contribution in [0, 0.1) is 11.3 Å². The molecule has 0 radical (unpaired) electrons. The molecule has 1 aromatic carbocycles. The summed E-state index contributed by atoms with van der Waals surface area (Å²) in [6.07, 6.45) is 2.75. The van der Waals surface area contributed by atoms with Crippen molar-refractivity contribution in [1.82, 2.24) is 0 Å². The minimum atomic E-state index is -0.379. The Balaban J connectivity index is 2.12. The van der Waals surface area contributed by atoms with Gasteiger partial charge in [0, 0.05) is 6.61 Å². The van der Waals surface area contributed by atoms with Crippen molar-refractivity contribution >= 4 is 6.08 Å². The Bertz CT molecular complexity index is 424. The van der Waals surface area contributed by atoms with Crippen LogP contribution in [-0.4, -0.2) is 12.7 Å². The first-order chi connectivity index (χ1) is 7.79. The first kappa shape index (κ1) is 10.8. The molecule has 1 atom stereocenters. The lowest BCUT2D eigenvalue weighted by atomic mass is 10.1. The Morgan fingerprint density at radius 2 is 2.19 bits per heavy atom. The van der Waals surface area contributed by atoms with Gasteiger partial charge in [-0.05, 0) is 36.6 Å². The number of nitrogens with zero attached hydrogens (tertiary/aromatic N) is 1. The number of hydrogen-bond acceptors (Lipinski definition) is 2. The molecule has 1 heterocycles. The van der Waals surface area contributed by atoms with E-state index in [0.717, 1.165) is 18.4 Å². The van der Waals surface area contributed by atoms with Crippen molar-refractivity contribution in [2.75, 3.05) is 6.61 Å². The van der Waals surface area contributed by atoms with E-state index in [1.54, 1.807) is 24.3 Å². The van der Waals surface area contributed by atoms with Gasteiger partial charge in [0.25, 0.3) is 0 Å². The van der Waals surface area contributed by atoms with Crippen LogP contribution in [0.4, 0.5) is 4.39 Å². The Morgan fingerprint density at radius 1 is 1.44 bits per heavy atom. The zero-order chi connectivity index (χ0) is 11.4. The highest BCUT2D eigenvalue weighted by atomic mass is 19.1. The highest BCUT2D eigenvalue weighted by Crippen LogP contribution is 2.22. The normalized spacial score (nSPS) is 20.8. The summed E-state index contributed by atoms with van der Waals surface area (Å²) >= 11 is 0. The molecule has 82 valence electrons. The molecular formula is C13H12FNO. The number of rotatable bonds is 2. The van der Waals surface area contributed by atoms with Crippen LogP contribution in [0.15, 0.2) is 30.1 Å². The van der Waals surface area contributed by atoms with Crippen molar-refractivity contribution < 1.29 is 9.13 Å². The molecule has 16 heavy (non-hydrogen) atoms. The second-order valence-electron chi connectivity index (χ2n) is 3.76. The summed E-state index contributed by atoms with van der Waals surface area (Å²) < 4.78 is 18.9. The molecule has 2 rings (SSSR count). The van der Waals surface area contributed by atoms with Crippen molar-refractivity contribution in [3.05, 3.63) is 41.2 Å². The standard InChI is InChI=1S/C13H12FNO/c14-12(13-2-1-7-16-13)8-10-3-5-11(9-15)6-4-10/h3-6,8,13H,1-2,7H2/b12-8-. The number of halogens is 1. The quantitative estimate of drug-likeness (QED) is 0.762. The van der Waals surface area contributed by atoms with Gasteiger partial charge < -0.3 is 4.74 Å². The van der Waals surface area contributed by atoms with Crippen molar-refractivity contribution in [3.63, 3.8) is 0 Å². The third kappa shape index (κ3) is 2.47. The number of benzene rings is 1. The second kappa shape index (κ2) is 4.91. The fraction of sp³-hybridized carbons (Fsp3) is 0.308. The van der Waals surface area contributed by atoms with E-state index >= 15 is 0 Å². The van der Waals surface area contributed by atoms with Gasteiger partial charge in [-0.3, -0.25) is 0 Å². The zero-order valence-electron chi connectivity index (χ0n) is 8.82. The maximum Gasteiger partial charge on any atom is 0.129 e. The summed E-state index contributed by atoms with van der Waals surface area (Å²) in [7, 11) is 0. The Hall–Kier alpha value is -1.66. The monoisotopic (exact) mass is 217 g/mol. The van der Waals surface area contributed by atoms with Crippen LogP contribution in [0.1, 0.15) is 24.0 Å². The highest BCUT2D eigenvalue weighted by molar-refractivity contribution is 5.53. The molecule has 1 aliphatic heterocycles. The van der Waals surface area contributed by atoms with E-state index in [0.29, 0.717) is 12.2 Å². The average Bonchev–Trinajstić information content (AvgIpc) is 2.83. The van der Waals surface area contributed by atoms with E-state index in [-0.39, 0.29) is 11.9 Å². The summed E-state index contributed by atoms with van der Waals surface area (Å²) in [6.45, 7) is 0.638. The van der Waals surface area contributed by atoms with E-state index in [4.69, 9.17) is 10.00 Å². The third-order valence-corrected chi connectivity index (χ3v) is 2.58. The molecule has 2 nitrogen and oxygen atoms in total. The molecule has 1 fully saturated rings. The fourth-order valence-corrected chi connectivity index (χ4v) is 1.70. The fourth-order valence-electron chi connectivity index (χ4n) is 1.70. The molecule has 0 bridgehead atoms. The summed E-state index contributed by atoms with van der Waals surface area (Å²) in [5, 5.41) is 8.62. The summed E-state index contributed by atoms with van der Waals surface area (Å²) in [6, 6.07) is 8.83. The van der Waals surface area contributed by atoms with E-state index in [1.165, 1.54) is 6.08 Å². The molecule has 0 spiro atoms. The number of hydrogen-bond donors (Lipinski definition) is 0. The Morgan fingerprint density at radius 3 is 2.75 bits per heavy atom. The lowest BCUT2D eigenvalue weighted by Crippen LogP contribution is -2.04. The van der Waals surface area contributed by atoms with Crippen LogP contribution in [0.25, 0.3) is 6.08 Å². The van der Waals surface area contributed by atoms with Gasteiger partial charge in [-0.2, -0.15) is 5.26 Å². The molecule has 3 heteroatoms. The molecule has 1 unspecified atom stereocenters. The molecule has 0 N–H and O–H groups in total. The third-order valence-electron chi connectivity index (χ3n) is 2.58. The van der Waals surface area contributed by atoms with Gasteiger partial charge in [0.15, 0.2) is 0 Å². The minimum Gasteiger partial charge on any atom is -0.371 e. The van der Waals surface area contributed by atoms with Crippen LogP contribution in [0.5, 0.6) is 0 Å². The van der Waals surface area contributed by atoms with Crippen molar-refractivity contribution in [2.24, 2.45) is 0 Å². The van der Waals surface area contributed by atoms with Crippen molar-refractivity contribution in [1.29, 1.82) is 5.26 Å².